The van der Waals surface area contributed by atoms with Crippen LogP contribution in [0, 0.1) is 0 Å². The molecule has 0 saturated heterocycles. The lowest BCUT2D eigenvalue weighted by molar-refractivity contribution is 0.109. The molecular formula is C15H10O3. The van der Waals surface area contributed by atoms with Crippen LogP contribution in [0.5, 0.6) is 0 Å². The molecule has 2 rings (SSSR count). The monoisotopic (exact) mass is 238 g/mol. The van der Waals surface area contributed by atoms with Crippen molar-refractivity contribution in [3.63, 3.8) is 0 Å². The number of rotatable bonds is 4. The Morgan fingerprint density at radius 2 is 1.56 bits per heavy atom. The van der Waals surface area contributed by atoms with E-state index in [1.807, 2.05) is 0 Å². The fourth-order valence-corrected chi connectivity index (χ4v) is 1.85. The Labute approximate surface area is 104 Å². The Balaban J connectivity index is 2.66. The van der Waals surface area contributed by atoms with E-state index in [4.69, 9.17) is 0 Å². The lowest BCUT2D eigenvalue weighted by Crippen LogP contribution is -1.95. The maximum Gasteiger partial charge on any atom is 0.151 e. The van der Waals surface area contributed by atoms with Crippen molar-refractivity contribution < 1.29 is 14.4 Å². The first kappa shape index (κ1) is 11.9. The van der Waals surface area contributed by atoms with Crippen LogP contribution in [0.1, 0.15) is 31.1 Å². The highest BCUT2D eigenvalue weighted by atomic mass is 16.1. The fraction of sp³-hybridized carbons (Fsp3) is 0. The smallest absolute Gasteiger partial charge is 0.151 e. The van der Waals surface area contributed by atoms with Crippen LogP contribution in [0.25, 0.3) is 11.1 Å². The molecule has 0 aliphatic carbocycles. The van der Waals surface area contributed by atoms with Crippen molar-refractivity contribution in [3.8, 4) is 11.1 Å². The van der Waals surface area contributed by atoms with Gasteiger partial charge >= 0.3 is 0 Å². The van der Waals surface area contributed by atoms with Gasteiger partial charge in [-0.15, -0.1) is 0 Å². The summed E-state index contributed by atoms with van der Waals surface area (Å²) >= 11 is 0. The van der Waals surface area contributed by atoms with Gasteiger partial charge in [-0.25, -0.2) is 0 Å². The molecular weight excluding hydrogens is 228 g/mol. The van der Waals surface area contributed by atoms with E-state index in [1.165, 1.54) is 0 Å². The molecule has 0 heterocycles. The molecule has 3 nitrogen and oxygen atoms in total. The van der Waals surface area contributed by atoms with E-state index in [-0.39, 0.29) is 0 Å². The molecule has 0 bridgehead atoms. The summed E-state index contributed by atoms with van der Waals surface area (Å²) in [5.41, 5.74) is 2.61. The molecule has 3 heteroatoms. The number of carbonyl (C=O) groups excluding carboxylic acids is 3. The van der Waals surface area contributed by atoms with Crippen LogP contribution in [0.2, 0.25) is 0 Å². The van der Waals surface area contributed by atoms with E-state index >= 15 is 0 Å². The third-order valence-corrected chi connectivity index (χ3v) is 2.72. The van der Waals surface area contributed by atoms with Crippen LogP contribution in [-0.2, 0) is 0 Å². The highest BCUT2D eigenvalue weighted by molar-refractivity contribution is 5.97. The minimum Gasteiger partial charge on any atom is -0.298 e. The first-order valence-electron chi connectivity index (χ1n) is 5.39. The van der Waals surface area contributed by atoms with Gasteiger partial charge < -0.3 is 0 Å². The maximum absolute atomic E-state index is 11.1. The van der Waals surface area contributed by atoms with Crippen molar-refractivity contribution in [2.24, 2.45) is 0 Å². The summed E-state index contributed by atoms with van der Waals surface area (Å²) in [5, 5.41) is 0. The zero-order valence-electron chi connectivity index (χ0n) is 9.50. The molecule has 88 valence electrons. The highest BCUT2D eigenvalue weighted by Crippen LogP contribution is 2.25. The Morgan fingerprint density at radius 3 is 2.22 bits per heavy atom. The van der Waals surface area contributed by atoms with Crippen LogP contribution in [0.3, 0.4) is 0 Å². The standard InChI is InChI=1S/C15H10O3/c16-8-11-3-1-4-12(7-11)14-6-2-5-13(9-17)15(14)10-18/h1-10H. The quantitative estimate of drug-likeness (QED) is 0.769. The van der Waals surface area contributed by atoms with E-state index in [0.717, 1.165) is 11.8 Å². The summed E-state index contributed by atoms with van der Waals surface area (Å²) in [6, 6.07) is 11.9. The molecule has 0 fully saturated rings. The summed E-state index contributed by atoms with van der Waals surface area (Å²) in [7, 11) is 0. The van der Waals surface area contributed by atoms with E-state index in [2.05, 4.69) is 0 Å². The van der Waals surface area contributed by atoms with Gasteiger partial charge in [0.2, 0.25) is 0 Å². The third-order valence-electron chi connectivity index (χ3n) is 2.72. The molecule has 0 aliphatic rings. The number of hydrogen-bond donors (Lipinski definition) is 0. The second kappa shape index (κ2) is 5.19. The summed E-state index contributed by atoms with van der Waals surface area (Å²) in [6.07, 6.45) is 2.05. The van der Waals surface area contributed by atoms with Gasteiger partial charge in [0.15, 0.2) is 12.6 Å². The van der Waals surface area contributed by atoms with Crippen LogP contribution in [0.4, 0.5) is 0 Å². The van der Waals surface area contributed by atoms with E-state index < -0.39 is 0 Å². The van der Waals surface area contributed by atoms with Gasteiger partial charge in [0.1, 0.15) is 6.29 Å². The van der Waals surface area contributed by atoms with Gasteiger partial charge in [0, 0.05) is 16.7 Å². The van der Waals surface area contributed by atoms with Gasteiger partial charge in [-0.1, -0.05) is 36.4 Å². The lowest BCUT2D eigenvalue weighted by atomic mass is 9.96. The predicted octanol–water partition coefficient (Wildman–Crippen LogP) is 2.79. The zero-order valence-corrected chi connectivity index (χ0v) is 9.50. The van der Waals surface area contributed by atoms with Gasteiger partial charge in [0.05, 0.1) is 0 Å². The van der Waals surface area contributed by atoms with Crippen molar-refractivity contribution in [2.45, 2.75) is 0 Å². The molecule has 2 aromatic carbocycles. The van der Waals surface area contributed by atoms with Crippen molar-refractivity contribution >= 4 is 18.9 Å². The lowest BCUT2D eigenvalue weighted by Gasteiger charge is -2.07. The van der Waals surface area contributed by atoms with Crippen molar-refractivity contribution in [3.05, 3.63) is 59.2 Å². The van der Waals surface area contributed by atoms with Gasteiger partial charge in [-0.3, -0.25) is 14.4 Å². The van der Waals surface area contributed by atoms with Crippen molar-refractivity contribution in [1.82, 2.24) is 0 Å². The Morgan fingerprint density at radius 1 is 0.778 bits per heavy atom. The molecule has 0 saturated carbocycles. The van der Waals surface area contributed by atoms with Crippen molar-refractivity contribution in [2.75, 3.05) is 0 Å². The largest absolute Gasteiger partial charge is 0.298 e. The Kier molecular flexibility index (Phi) is 3.44. The van der Waals surface area contributed by atoms with E-state index in [1.54, 1.807) is 42.5 Å². The summed E-state index contributed by atoms with van der Waals surface area (Å²) in [6.45, 7) is 0. The minimum absolute atomic E-state index is 0.343. The Hall–Kier alpha value is -2.55. The molecule has 0 atom stereocenters. The normalized spacial score (nSPS) is 9.78. The summed E-state index contributed by atoms with van der Waals surface area (Å²) in [5.74, 6) is 0. The molecule has 0 aliphatic heterocycles. The van der Waals surface area contributed by atoms with Crippen LogP contribution in [0.15, 0.2) is 42.5 Å². The number of benzene rings is 2. The van der Waals surface area contributed by atoms with Crippen molar-refractivity contribution in [1.29, 1.82) is 0 Å². The van der Waals surface area contributed by atoms with Gasteiger partial charge in [-0.2, -0.15) is 0 Å². The number of hydrogen-bond acceptors (Lipinski definition) is 3. The predicted molar refractivity (Wildman–Crippen MR) is 68.0 cm³/mol. The summed E-state index contributed by atoms with van der Waals surface area (Å²) in [4.78, 5) is 32.7. The SMILES string of the molecule is O=Cc1cccc(-c2cccc(C=O)c2C=O)c1. The van der Waals surface area contributed by atoms with Crippen LogP contribution < -0.4 is 0 Å². The number of aldehydes is 3. The minimum atomic E-state index is 0.343. The first-order valence-corrected chi connectivity index (χ1v) is 5.39. The number of carbonyl (C=O) groups is 3. The molecule has 0 aromatic heterocycles. The molecule has 0 unspecified atom stereocenters. The topological polar surface area (TPSA) is 51.2 Å². The fourth-order valence-electron chi connectivity index (χ4n) is 1.85. The van der Waals surface area contributed by atoms with Crippen LogP contribution in [-0.4, -0.2) is 18.9 Å². The maximum atomic E-state index is 11.1. The van der Waals surface area contributed by atoms with Gasteiger partial charge in [-0.05, 0) is 17.2 Å². The molecule has 0 amide bonds. The molecule has 0 N–H and O–H groups in total. The molecule has 0 spiro atoms. The highest BCUT2D eigenvalue weighted by Gasteiger charge is 2.09. The first-order chi connectivity index (χ1) is 8.80. The van der Waals surface area contributed by atoms with E-state index in [9.17, 15) is 14.4 Å². The van der Waals surface area contributed by atoms with E-state index in [0.29, 0.717) is 34.8 Å². The average molecular weight is 238 g/mol. The van der Waals surface area contributed by atoms with Gasteiger partial charge in [0.25, 0.3) is 0 Å². The molecule has 18 heavy (non-hydrogen) atoms. The second-order valence-electron chi connectivity index (χ2n) is 3.79. The average Bonchev–Trinajstić information content (AvgIpc) is 2.46. The molecule has 2 aromatic rings. The van der Waals surface area contributed by atoms with Crippen LogP contribution >= 0.6 is 0 Å². The third kappa shape index (κ3) is 2.11. The second-order valence-corrected chi connectivity index (χ2v) is 3.79. The zero-order chi connectivity index (χ0) is 13.0. The Bertz CT molecular complexity index is 615. The summed E-state index contributed by atoms with van der Waals surface area (Å²) < 4.78 is 0. The molecule has 0 radical (unpaired) electrons.